The highest BCUT2D eigenvalue weighted by molar-refractivity contribution is 6.05. The van der Waals surface area contributed by atoms with Gasteiger partial charge in [0.1, 0.15) is 22.9 Å². The molecule has 4 nitrogen and oxygen atoms in total. The number of nitrogens with zero attached hydrogens (tertiary/aromatic N) is 1. The summed E-state index contributed by atoms with van der Waals surface area (Å²) in [5, 5.41) is 3.50. The lowest BCUT2D eigenvalue weighted by molar-refractivity contribution is 0.101. The van der Waals surface area contributed by atoms with Crippen molar-refractivity contribution in [2.45, 2.75) is 20.4 Å². The van der Waals surface area contributed by atoms with Gasteiger partial charge >= 0.3 is 0 Å². The van der Waals surface area contributed by atoms with Crippen molar-refractivity contribution in [1.82, 2.24) is 4.57 Å². The van der Waals surface area contributed by atoms with E-state index in [9.17, 15) is 13.6 Å². The average Bonchev–Trinajstić information content (AvgIpc) is 2.88. The summed E-state index contributed by atoms with van der Waals surface area (Å²) in [7, 11) is 1.30. The Bertz CT molecular complexity index is 940. The van der Waals surface area contributed by atoms with Crippen LogP contribution in [0.2, 0.25) is 0 Å². The van der Waals surface area contributed by atoms with E-state index in [-0.39, 0.29) is 5.75 Å². The Kier molecular flexibility index (Phi) is 4.44. The standard InChI is InChI=1S/C19H18F2N2O2/c1-4-23-11(2)7-12-8-13(5-6-17(12)23)22-19(24)18-15(20)9-14(25-3)10-16(18)21/h5-10H,4H2,1-3H3,(H,22,24). The van der Waals surface area contributed by atoms with Gasteiger partial charge in [-0.15, -0.1) is 0 Å². The number of aromatic nitrogens is 1. The zero-order valence-corrected chi connectivity index (χ0v) is 14.2. The predicted octanol–water partition coefficient (Wildman–Crippen LogP) is 4.51. The highest BCUT2D eigenvalue weighted by Crippen LogP contribution is 2.25. The fourth-order valence-corrected chi connectivity index (χ4v) is 2.98. The topological polar surface area (TPSA) is 43.3 Å². The predicted molar refractivity (Wildman–Crippen MR) is 93.2 cm³/mol. The van der Waals surface area contributed by atoms with E-state index in [2.05, 4.69) is 16.8 Å². The molecular weight excluding hydrogens is 326 g/mol. The van der Waals surface area contributed by atoms with E-state index in [0.717, 1.165) is 35.3 Å². The number of amides is 1. The maximum absolute atomic E-state index is 14.0. The largest absolute Gasteiger partial charge is 0.497 e. The Morgan fingerprint density at radius 1 is 1.16 bits per heavy atom. The van der Waals surface area contributed by atoms with Gasteiger partial charge in [0.25, 0.3) is 5.91 Å². The number of rotatable bonds is 4. The number of hydrogen-bond donors (Lipinski definition) is 1. The number of benzene rings is 2. The minimum atomic E-state index is -0.969. The van der Waals surface area contributed by atoms with Crippen LogP contribution in [0.4, 0.5) is 14.5 Å². The summed E-state index contributed by atoms with van der Waals surface area (Å²) in [6.07, 6.45) is 0. The number of aryl methyl sites for hydroxylation is 2. The lowest BCUT2D eigenvalue weighted by atomic mass is 10.1. The fraction of sp³-hybridized carbons (Fsp3) is 0.211. The minimum absolute atomic E-state index is 0.0179. The lowest BCUT2D eigenvalue weighted by Crippen LogP contribution is -2.16. The molecule has 2 aromatic carbocycles. The summed E-state index contributed by atoms with van der Waals surface area (Å²) in [4.78, 5) is 12.3. The Hall–Kier alpha value is -2.89. The van der Waals surface area contributed by atoms with Crippen LogP contribution in [0.1, 0.15) is 23.0 Å². The first-order valence-electron chi connectivity index (χ1n) is 7.89. The van der Waals surface area contributed by atoms with Crippen LogP contribution in [0, 0.1) is 18.6 Å². The van der Waals surface area contributed by atoms with Crippen LogP contribution in [0.5, 0.6) is 5.75 Å². The van der Waals surface area contributed by atoms with Gasteiger partial charge in [-0.3, -0.25) is 4.79 Å². The first-order valence-corrected chi connectivity index (χ1v) is 7.89. The molecule has 0 aliphatic heterocycles. The van der Waals surface area contributed by atoms with Gasteiger partial charge < -0.3 is 14.6 Å². The van der Waals surface area contributed by atoms with Crippen molar-refractivity contribution in [3.8, 4) is 5.75 Å². The summed E-state index contributed by atoms with van der Waals surface area (Å²) >= 11 is 0. The average molecular weight is 344 g/mol. The van der Waals surface area contributed by atoms with Crippen LogP contribution < -0.4 is 10.1 Å². The molecule has 6 heteroatoms. The van der Waals surface area contributed by atoms with Gasteiger partial charge in [-0.25, -0.2) is 8.78 Å². The number of carbonyl (C=O) groups excluding carboxylic acids is 1. The molecule has 3 rings (SSSR count). The zero-order chi connectivity index (χ0) is 18.1. The lowest BCUT2D eigenvalue weighted by Gasteiger charge is -2.09. The van der Waals surface area contributed by atoms with Crippen molar-refractivity contribution in [1.29, 1.82) is 0 Å². The first-order chi connectivity index (χ1) is 11.9. The third-order valence-electron chi connectivity index (χ3n) is 4.16. The summed E-state index contributed by atoms with van der Waals surface area (Å²) in [6, 6.07) is 9.33. The number of anilines is 1. The maximum Gasteiger partial charge on any atom is 0.261 e. The molecule has 0 atom stereocenters. The van der Waals surface area contributed by atoms with Crippen LogP contribution in [-0.2, 0) is 6.54 Å². The quantitative estimate of drug-likeness (QED) is 0.757. The number of nitrogens with one attached hydrogen (secondary N) is 1. The zero-order valence-electron chi connectivity index (χ0n) is 14.2. The van der Waals surface area contributed by atoms with E-state index in [1.54, 1.807) is 12.1 Å². The summed E-state index contributed by atoms with van der Waals surface area (Å²) in [5.41, 5.74) is 1.98. The molecule has 1 N–H and O–H groups in total. The van der Waals surface area contributed by atoms with Crippen molar-refractivity contribution in [3.63, 3.8) is 0 Å². The molecule has 130 valence electrons. The number of hydrogen-bond acceptors (Lipinski definition) is 2. The molecule has 0 spiro atoms. The Morgan fingerprint density at radius 2 is 1.84 bits per heavy atom. The molecule has 1 amide bonds. The third kappa shape index (κ3) is 3.07. The van der Waals surface area contributed by atoms with Crippen molar-refractivity contribution >= 4 is 22.5 Å². The van der Waals surface area contributed by atoms with Gasteiger partial charge in [0.15, 0.2) is 0 Å². The molecule has 0 saturated carbocycles. The van der Waals surface area contributed by atoms with Crippen LogP contribution >= 0.6 is 0 Å². The SMILES string of the molecule is CCn1c(C)cc2cc(NC(=O)c3c(F)cc(OC)cc3F)ccc21. The molecule has 0 unspecified atom stereocenters. The molecule has 1 heterocycles. The summed E-state index contributed by atoms with van der Waals surface area (Å²) in [6.45, 7) is 4.89. The van der Waals surface area contributed by atoms with E-state index >= 15 is 0 Å². The molecule has 0 saturated heterocycles. The Labute approximate surface area is 144 Å². The number of ether oxygens (including phenoxy) is 1. The highest BCUT2D eigenvalue weighted by Gasteiger charge is 2.19. The smallest absolute Gasteiger partial charge is 0.261 e. The molecule has 0 radical (unpaired) electrons. The van der Waals surface area contributed by atoms with Gasteiger partial charge in [0, 0.05) is 41.0 Å². The second kappa shape index (κ2) is 6.55. The maximum atomic E-state index is 14.0. The molecular formula is C19H18F2N2O2. The molecule has 25 heavy (non-hydrogen) atoms. The fourth-order valence-electron chi connectivity index (χ4n) is 2.98. The van der Waals surface area contributed by atoms with Crippen LogP contribution in [0.25, 0.3) is 10.9 Å². The molecule has 0 aliphatic rings. The van der Waals surface area contributed by atoms with Crippen molar-refractivity contribution in [2.75, 3.05) is 12.4 Å². The Morgan fingerprint density at radius 3 is 2.44 bits per heavy atom. The van der Waals surface area contributed by atoms with Crippen LogP contribution in [0.15, 0.2) is 36.4 Å². The molecule has 1 aromatic heterocycles. The van der Waals surface area contributed by atoms with Gasteiger partial charge in [0.05, 0.1) is 7.11 Å². The normalized spacial score (nSPS) is 10.9. The number of fused-ring (bicyclic) bond motifs is 1. The van der Waals surface area contributed by atoms with Gasteiger partial charge in [-0.05, 0) is 38.1 Å². The van der Waals surface area contributed by atoms with Crippen molar-refractivity contribution < 1.29 is 18.3 Å². The summed E-state index contributed by atoms with van der Waals surface area (Å²) < 4.78 is 35.0. The first kappa shape index (κ1) is 17.0. The van der Waals surface area contributed by atoms with Gasteiger partial charge in [-0.2, -0.15) is 0 Å². The van der Waals surface area contributed by atoms with Gasteiger partial charge in [0.2, 0.25) is 0 Å². The second-order valence-corrected chi connectivity index (χ2v) is 5.72. The number of carbonyl (C=O) groups is 1. The van der Waals surface area contributed by atoms with E-state index < -0.39 is 23.1 Å². The van der Waals surface area contributed by atoms with Gasteiger partial charge in [-0.1, -0.05) is 0 Å². The molecule has 0 bridgehead atoms. The number of halogens is 2. The molecule has 3 aromatic rings. The van der Waals surface area contributed by atoms with Crippen LogP contribution in [0.3, 0.4) is 0 Å². The number of methoxy groups -OCH3 is 1. The van der Waals surface area contributed by atoms with Crippen molar-refractivity contribution in [2.24, 2.45) is 0 Å². The van der Waals surface area contributed by atoms with Crippen molar-refractivity contribution in [3.05, 3.63) is 59.3 Å². The second-order valence-electron chi connectivity index (χ2n) is 5.72. The van der Waals surface area contributed by atoms with E-state index in [1.165, 1.54) is 7.11 Å². The molecule has 0 fully saturated rings. The minimum Gasteiger partial charge on any atom is -0.497 e. The highest BCUT2D eigenvalue weighted by atomic mass is 19.1. The Balaban J connectivity index is 1.92. The molecule has 0 aliphatic carbocycles. The summed E-state index contributed by atoms with van der Waals surface area (Å²) in [5.74, 6) is -2.76. The van der Waals surface area contributed by atoms with E-state index in [0.29, 0.717) is 5.69 Å². The monoisotopic (exact) mass is 344 g/mol. The third-order valence-corrected chi connectivity index (χ3v) is 4.16. The van der Waals surface area contributed by atoms with Crippen LogP contribution in [-0.4, -0.2) is 17.6 Å². The van der Waals surface area contributed by atoms with E-state index in [4.69, 9.17) is 4.74 Å². The van der Waals surface area contributed by atoms with E-state index in [1.807, 2.05) is 19.1 Å².